The maximum Gasteiger partial charge on any atom is 0.313 e. The number of carboxylic acid groups (broad SMARTS) is 1. The Hall–Kier alpha value is -2.21. The number of methoxy groups -OCH3 is 1. The first-order chi connectivity index (χ1) is 12.3. The predicted molar refractivity (Wildman–Crippen MR) is 97.2 cm³/mol. The van der Waals surface area contributed by atoms with E-state index in [1.165, 1.54) is 7.11 Å². The smallest absolute Gasteiger partial charge is 0.313 e. The van der Waals surface area contributed by atoms with Gasteiger partial charge >= 0.3 is 5.97 Å². The maximum absolute atomic E-state index is 12.5. The molecule has 6 nitrogen and oxygen atoms in total. The number of carbonyl (C=O) groups is 3. The van der Waals surface area contributed by atoms with Crippen LogP contribution in [0.4, 0.5) is 0 Å². The Balaban J connectivity index is 2.00. The maximum atomic E-state index is 12.5. The molecule has 1 unspecified atom stereocenters. The largest absolute Gasteiger partial charge is 0.481 e. The number of carboxylic acids is 1. The number of likely N-dealkylation sites (tertiary alicyclic amines) is 1. The van der Waals surface area contributed by atoms with Crippen molar-refractivity contribution in [3.05, 3.63) is 34.9 Å². The molecule has 1 aromatic carbocycles. The average molecular weight is 361 g/mol. The molecule has 0 spiro atoms. The normalized spacial score (nSPS) is 20.0. The van der Waals surface area contributed by atoms with Gasteiger partial charge in [0.2, 0.25) is 5.91 Å². The van der Waals surface area contributed by atoms with Crippen molar-refractivity contribution >= 4 is 17.7 Å². The first kappa shape index (κ1) is 20.1. The number of aryl methyl sites for hydroxylation is 2. The van der Waals surface area contributed by atoms with Gasteiger partial charge < -0.3 is 14.7 Å². The van der Waals surface area contributed by atoms with Gasteiger partial charge in [-0.15, -0.1) is 0 Å². The van der Waals surface area contributed by atoms with Gasteiger partial charge in [0.25, 0.3) is 0 Å². The van der Waals surface area contributed by atoms with E-state index in [1.807, 2.05) is 32.0 Å². The fourth-order valence-corrected chi connectivity index (χ4v) is 3.52. The molecule has 0 aliphatic carbocycles. The third-order valence-electron chi connectivity index (χ3n) is 5.06. The fourth-order valence-electron chi connectivity index (χ4n) is 3.52. The lowest BCUT2D eigenvalue weighted by molar-refractivity contribution is -0.159. The molecule has 1 amide bonds. The summed E-state index contributed by atoms with van der Waals surface area (Å²) < 4.78 is 5.08. The molecule has 1 saturated heterocycles. The molecule has 1 aromatic rings. The van der Waals surface area contributed by atoms with E-state index in [-0.39, 0.29) is 37.7 Å². The molecule has 0 aromatic heterocycles. The van der Waals surface area contributed by atoms with Crippen LogP contribution in [0, 0.1) is 19.3 Å². The molecular weight excluding hydrogens is 334 g/mol. The molecule has 1 aliphatic rings. The van der Waals surface area contributed by atoms with Gasteiger partial charge in [0.15, 0.2) is 5.78 Å². The zero-order valence-corrected chi connectivity index (χ0v) is 15.7. The number of ketones is 1. The number of hydrogen-bond donors (Lipinski definition) is 1. The molecular formula is C20H27NO5. The first-order valence-corrected chi connectivity index (χ1v) is 8.89. The zero-order valence-electron chi connectivity index (χ0n) is 15.7. The third-order valence-corrected chi connectivity index (χ3v) is 5.06. The molecule has 1 atom stereocenters. The van der Waals surface area contributed by atoms with E-state index in [0.717, 1.165) is 11.1 Å². The van der Waals surface area contributed by atoms with Crippen molar-refractivity contribution < 1.29 is 24.2 Å². The first-order valence-electron chi connectivity index (χ1n) is 8.89. The number of piperidine rings is 1. The van der Waals surface area contributed by atoms with Crippen molar-refractivity contribution in [1.82, 2.24) is 4.90 Å². The van der Waals surface area contributed by atoms with Gasteiger partial charge in [-0.3, -0.25) is 14.4 Å². The van der Waals surface area contributed by atoms with E-state index in [9.17, 15) is 19.5 Å². The summed E-state index contributed by atoms with van der Waals surface area (Å²) in [7, 11) is 1.47. The van der Waals surface area contributed by atoms with Gasteiger partial charge in [-0.05, 0) is 38.3 Å². The number of hydrogen-bond acceptors (Lipinski definition) is 4. The Morgan fingerprint density at radius 2 is 1.96 bits per heavy atom. The number of nitrogens with zero attached hydrogens (tertiary/aromatic N) is 1. The van der Waals surface area contributed by atoms with Crippen molar-refractivity contribution in [2.45, 2.75) is 39.5 Å². The van der Waals surface area contributed by atoms with E-state index in [1.54, 1.807) is 4.90 Å². The molecule has 1 N–H and O–H groups in total. The van der Waals surface area contributed by atoms with Gasteiger partial charge in [0, 0.05) is 38.6 Å². The van der Waals surface area contributed by atoms with Crippen LogP contribution in [0.1, 0.15) is 47.2 Å². The summed E-state index contributed by atoms with van der Waals surface area (Å²) in [5.41, 5.74) is 1.50. The van der Waals surface area contributed by atoms with Crippen LogP contribution in [-0.4, -0.2) is 54.5 Å². The lowest BCUT2D eigenvalue weighted by atomic mass is 9.80. The van der Waals surface area contributed by atoms with Crippen LogP contribution in [0.5, 0.6) is 0 Å². The second-order valence-corrected chi connectivity index (χ2v) is 7.18. The SMILES string of the molecule is COCC1(C(=O)O)CCCN(C(=O)CCC(=O)c2cc(C)ccc2C)C1. The molecule has 0 bridgehead atoms. The summed E-state index contributed by atoms with van der Waals surface area (Å²) >= 11 is 0. The van der Waals surface area contributed by atoms with Gasteiger partial charge in [0.1, 0.15) is 5.41 Å². The molecule has 1 fully saturated rings. The Bertz CT molecular complexity index is 695. The molecule has 6 heteroatoms. The highest BCUT2D eigenvalue weighted by molar-refractivity contribution is 5.99. The number of carbonyl (C=O) groups excluding carboxylic acids is 2. The lowest BCUT2D eigenvalue weighted by Crippen LogP contribution is -2.52. The van der Waals surface area contributed by atoms with Crippen LogP contribution in [0.3, 0.4) is 0 Å². The second-order valence-electron chi connectivity index (χ2n) is 7.18. The summed E-state index contributed by atoms with van der Waals surface area (Å²) in [4.78, 5) is 38.2. The Morgan fingerprint density at radius 1 is 1.23 bits per heavy atom. The van der Waals surface area contributed by atoms with Crippen molar-refractivity contribution in [3.8, 4) is 0 Å². The Morgan fingerprint density at radius 3 is 2.62 bits per heavy atom. The minimum Gasteiger partial charge on any atom is -0.481 e. The third kappa shape index (κ3) is 4.49. The van der Waals surface area contributed by atoms with Gasteiger partial charge in [-0.1, -0.05) is 17.7 Å². The Kier molecular flexibility index (Phi) is 6.53. The summed E-state index contributed by atoms with van der Waals surface area (Å²) in [6.07, 6.45) is 1.33. The van der Waals surface area contributed by atoms with Crippen LogP contribution in [0.2, 0.25) is 0 Å². The van der Waals surface area contributed by atoms with E-state index < -0.39 is 11.4 Å². The van der Waals surface area contributed by atoms with Crippen LogP contribution in [0.25, 0.3) is 0 Å². The van der Waals surface area contributed by atoms with E-state index >= 15 is 0 Å². The second kappa shape index (κ2) is 8.45. The number of aliphatic carboxylic acids is 1. The van der Waals surface area contributed by atoms with Crippen molar-refractivity contribution in [1.29, 1.82) is 0 Å². The predicted octanol–water partition coefficient (Wildman–Crippen LogP) is 2.61. The molecule has 1 aliphatic heterocycles. The van der Waals surface area contributed by atoms with Crippen molar-refractivity contribution in [2.24, 2.45) is 5.41 Å². The highest BCUT2D eigenvalue weighted by atomic mass is 16.5. The van der Waals surface area contributed by atoms with Crippen LogP contribution >= 0.6 is 0 Å². The summed E-state index contributed by atoms with van der Waals surface area (Å²) in [6, 6.07) is 5.70. The molecule has 26 heavy (non-hydrogen) atoms. The van der Waals surface area contributed by atoms with Crippen molar-refractivity contribution in [3.63, 3.8) is 0 Å². The number of benzene rings is 1. The van der Waals surface area contributed by atoms with E-state index in [4.69, 9.17) is 4.74 Å². The lowest BCUT2D eigenvalue weighted by Gasteiger charge is -2.39. The fraction of sp³-hybridized carbons (Fsp3) is 0.550. The van der Waals surface area contributed by atoms with Gasteiger partial charge in [-0.2, -0.15) is 0 Å². The van der Waals surface area contributed by atoms with Crippen LogP contribution < -0.4 is 0 Å². The molecule has 2 rings (SSSR count). The minimum atomic E-state index is -1.06. The van der Waals surface area contributed by atoms with Crippen LogP contribution in [-0.2, 0) is 14.3 Å². The van der Waals surface area contributed by atoms with E-state index in [2.05, 4.69) is 0 Å². The minimum absolute atomic E-state index is 0.0575. The number of ether oxygens (including phenoxy) is 1. The number of rotatable bonds is 7. The monoisotopic (exact) mass is 361 g/mol. The van der Waals surface area contributed by atoms with E-state index in [0.29, 0.717) is 24.9 Å². The zero-order chi connectivity index (χ0) is 19.3. The summed E-state index contributed by atoms with van der Waals surface area (Å²) in [5.74, 6) is -1.17. The topological polar surface area (TPSA) is 83.9 Å². The average Bonchev–Trinajstić information content (AvgIpc) is 2.61. The van der Waals surface area contributed by atoms with Crippen molar-refractivity contribution in [2.75, 3.05) is 26.8 Å². The van der Waals surface area contributed by atoms with Crippen LogP contribution in [0.15, 0.2) is 18.2 Å². The standard InChI is InChI=1S/C20H27NO5/c1-14-5-6-15(2)16(11-14)17(22)7-8-18(23)21-10-4-9-20(12-21,13-26-3)19(24)25/h5-6,11H,4,7-10,12-13H2,1-3H3,(H,24,25). The number of amides is 1. The summed E-state index contributed by atoms with van der Waals surface area (Å²) in [5, 5.41) is 9.57. The molecule has 0 saturated carbocycles. The molecule has 0 radical (unpaired) electrons. The Labute approximate surface area is 154 Å². The highest BCUT2D eigenvalue weighted by Gasteiger charge is 2.43. The summed E-state index contributed by atoms with van der Waals surface area (Å²) in [6.45, 7) is 4.54. The quantitative estimate of drug-likeness (QED) is 0.755. The van der Waals surface area contributed by atoms with Gasteiger partial charge in [0.05, 0.1) is 6.61 Å². The number of Topliss-reactive ketones (excluding diaryl/α,β-unsaturated/α-hetero) is 1. The van der Waals surface area contributed by atoms with Gasteiger partial charge in [-0.25, -0.2) is 0 Å². The highest BCUT2D eigenvalue weighted by Crippen LogP contribution is 2.31. The molecule has 142 valence electrons. The molecule has 1 heterocycles.